The molecule has 0 fully saturated rings. The molecule has 0 aliphatic carbocycles. The van der Waals surface area contributed by atoms with Crippen LogP contribution in [0.3, 0.4) is 0 Å². The Hall–Kier alpha value is -2.84. The third kappa shape index (κ3) is 2.87. The summed E-state index contributed by atoms with van der Waals surface area (Å²) in [6.07, 6.45) is 3.32. The van der Waals surface area contributed by atoms with Crippen molar-refractivity contribution in [3.05, 3.63) is 59.1 Å². The Morgan fingerprint density at radius 1 is 1.30 bits per heavy atom. The summed E-state index contributed by atoms with van der Waals surface area (Å²) in [4.78, 5) is 25.8. The van der Waals surface area contributed by atoms with E-state index in [1.54, 1.807) is 28.6 Å². The van der Waals surface area contributed by atoms with Gasteiger partial charge in [-0.05, 0) is 29.7 Å². The summed E-state index contributed by atoms with van der Waals surface area (Å²) in [5, 5.41) is 2.62. The van der Waals surface area contributed by atoms with E-state index in [4.69, 9.17) is 5.73 Å². The number of benzene rings is 1. The molecule has 1 aromatic carbocycles. The molecule has 3 aromatic heterocycles. The van der Waals surface area contributed by atoms with Gasteiger partial charge in [0.15, 0.2) is 0 Å². The molecule has 136 valence electrons. The van der Waals surface area contributed by atoms with Crippen LogP contribution in [0.5, 0.6) is 0 Å². The second kappa shape index (κ2) is 6.71. The minimum Gasteiger partial charge on any atom is -0.398 e. The standard InChI is InChI=1S/C19H17N5OS2/c1-4-26-14-9-11(5-6-12(14)20)24-10-22-16-15-13(23(2)3)7-8-21-18(15)27-17(16)19(24)25/h4-10H,1,20H2,2-3H3. The average molecular weight is 396 g/mol. The van der Waals surface area contributed by atoms with Gasteiger partial charge < -0.3 is 10.6 Å². The molecule has 6 nitrogen and oxygen atoms in total. The fraction of sp³-hybridized carbons (Fsp3) is 0.105. The number of aromatic nitrogens is 3. The van der Waals surface area contributed by atoms with Gasteiger partial charge in [0, 0.05) is 30.9 Å². The van der Waals surface area contributed by atoms with Gasteiger partial charge in [-0.15, -0.1) is 11.3 Å². The molecule has 3 heterocycles. The van der Waals surface area contributed by atoms with E-state index < -0.39 is 0 Å². The molecule has 0 atom stereocenters. The Morgan fingerprint density at radius 2 is 2.11 bits per heavy atom. The smallest absolute Gasteiger partial charge is 0.275 e. The van der Waals surface area contributed by atoms with Crippen LogP contribution in [0.15, 0.2) is 58.5 Å². The second-order valence-corrected chi connectivity index (χ2v) is 8.12. The predicted molar refractivity (Wildman–Crippen MR) is 115 cm³/mol. The maximum atomic E-state index is 13.2. The first-order valence-electron chi connectivity index (χ1n) is 8.15. The van der Waals surface area contributed by atoms with Crippen LogP contribution in [0.1, 0.15) is 0 Å². The number of anilines is 2. The van der Waals surface area contributed by atoms with Crippen molar-refractivity contribution in [2.24, 2.45) is 0 Å². The Balaban J connectivity index is 1.98. The Morgan fingerprint density at radius 3 is 2.85 bits per heavy atom. The summed E-state index contributed by atoms with van der Waals surface area (Å²) >= 11 is 2.79. The molecule has 0 bridgehead atoms. The topological polar surface area (TPSA) is 77.0 Å². The van der Waals surface area contributed by atoms with Crippen LogP contribution in [-0.2, 0) is 0 Å². The van der Waals surface area contributed by atoms with Gasteiger partial charge in [0.25, 0.3) is 5.56 Å². The third-order valence-electron chi connectivity index (χ3n) is 4.23. The molecule has 0 spiro atoms. The van der Waals surface area contributed by atoms with E-state index in [1.165, 1.54) is 23.1 Å². The van der Waals surface area contributed by atoms with Gasteiger partial charge in [0.2, 0.25) is 0 Å². The molecule has 0 saturated heterocycles. The molecule has 0 unspecified atom stereocenters. The molecule has 0 aliphatic rings. The summed E-state index contributed by atoms with van der Waals surface area (Å²) in [6, 6.07) is 7.40. The van der Waals surface area contributed by atoms with Crippen LogP contribution in [-0.4, -0.2) is 28.6 Å². The molecule has 0 radical (unpaired) electrons. The van der Waals surface area contributed by atoms with Crippen LogP contribution < -0.4 is 16.2 Å². The summed E-state index contributed by atoms with van der Waals surface area (Å²) in [5.74, 6) is 0. The van der Waals surface area contributed by atoms with E-state index in [9.17, 15) is 4.79 Å². The lowest BCUT2D eigenvalue weighted by Crippen LogP contribution is -2.18. The minimum atomic E-state index is -0.118. The van der Waals surface area contributed by atoms with Crippen molar-refractivity contribution in [3.63, 3.8) is 0 Å². The Labute approximate surface area is 164 Å². The molecule has 4 rings (SSSR count). The quantitative estimate of drug-likeness (QED) is 0.417. The van der Waals surface area contributed by atoms with Crippen LogP contribution in [0.2, 0.25) is 0 Å². The number of hydrogen-bond acceptors (Lipinski definition) is 7. The van der Waals surface area contributed by atoms with E-state index in [2.05, 4.69) is 16.5 Å². The van der Waals surface area contributed by atoms with Crippen LogP contribution in [0, 0.1) is 0 Å². The van der Waals surface area contributed by atoms with Crippen molar-refractivity contribution in [1.29, 1.82) is 0 Å². The number of pyridine rings is 1. The highest BCUT2D eigenvalue weighted by atomic mass is 32.2. The minimum absolute atomic E-state index is 0.118. The molecular weight excluding hydrogens is 378 g/mol. The van der Waals surface area contributed by atoms with Gasteiger partial charge in [-0.1, -0.05) is 18.3 Å². The molecule has 4 aromatic rings. The zero-order chi connectivity index (χ0) is 19.1. The average Bonchev–Trinajstić information content (AvgIpc) is 3.04. The number of fused-ring (bicyclic) bond motifs is 3. The van der Waals surface area contributed by atoms with Crippen LogP contribution >= 0.6 is 23.1 Å². The van der Waals surface area contributed by atoms with Crippen molar-refractivity contribution in [2.75, 3.05) is 24.7 Å². The molecule has 0 aliphatic heterocycles. The SMILES string of the molecule is C=CSc1cc(-n2cnc3c(sc4nccc(N(C)C)c43)c2=O)ccc1N. The lowest BCUT2D eigenvalue weighted by Gasteiger charge is -2.13. The first-order valence-corrected chi connectivity index (χ1v) is 9.84. The van der Waals surface area contributed by atoms with Crippen molar-refractivity contribution in [3.8, 4) is 5.69 Å². The number of thioether (sulfide) groups is 1. The van der Waals surface area contributed by atoms with Gasteiger partial charge in [-0.25, -0.2) is 9.97 Å². The van der Waals surface area contributed by atoms with Crippen molar-refractivity contribution < 1.29 is 0 Å². The predicted octanol–water partition coefficient (Wildman–Crippen LogP) is 3.88. The molecule has 27 heavy (non-hydrogen) atoms. The van der Waals surface area contributed by atoms with Crippen LogP contribution in [0.4, 0.5) is 11.4 Å². The monoisotopic (exact) mass is 395 g/mol. The fourth-order valence-electron chi connectivity index (χ4n) is 2.96. The highest BCUT2D eigenvalue weighted by Gasteiger charge is 2.17. The lowest BCUT2D eigenvalue weighted by atomic mass is 10.2. The molecule has 2 N–H and O–H groups in total. The fourth-order valence-corrected chi connectivity index (χ4v) is 4.58. The first-order chi connectivity index (χ1) is 13.0. The van der Waals surface area contributed by atoms with E-state index in [1.807, 2.05) is 37.2 Å². The normalized spacial score (nSPS) is 11.2. The van der Waals surface area contributed by atoms with Gasteiger partial charge in [0.05, 0.1) is 22.3 Å². The van der Waals surface area contributed by atoms with E-state index >= 15 is 0 Å². The largest absolute Gasteiger partial charge is 0.398 e. The zero-order valence-electron chi connectivity index (χ0n) is 14.8. The number of nitrogens with zero attached hydrogens (tertiary/aromatic N) is 4. The maximum Gasteiger partial charge on any atom is 0.275 e. The lowest BCUT2D eigenvalue weighted by molar-refractivity contribution is 0.963. The first kappa shape index (κ1) is 17.6. The number of nitrogens with two attached hydrogens (primary N) is 1. The van der Waals surface area contributed by atoms with Crippen molar-refractivity contribution in [2.45, 2.75) is 4.90 Å². The molecule has 0 saturated carbocycles. The van der Waals surface area contributed by atoms with E-state index in [0.29, 0.717) is 21.6 Å². The number of rotatable bonds is 4. The van der Waals surface area contributed by atoms with E-state index in [0.717, 1.165) is 20.8 Å². The Kier molecular flexibility index (Phi) is 4.37. The second-order valence-electron chi connectivity index (χ2n) is 6.11. The Bertz CT molecular complexity index is 1240. The summed E-state index contributed by atoms with van der Waals surface area (Å²) in [7, 11) is 3.93. The highest BCUT2D eigenvalue weighted by Crippen LogP contribution is 2.35. The third-order valence-corrected chi connectivity index (χ3v) is 6.08. The summed E-state index contributed by atoms with van der Waals surface area (Å²) in [5.41, 5.74) is 8.91. The van der Waals surface area contributed by atoms with Crippen molar-refractivity contribution in [1.82, 2.24) is 14.5 Å². The number of thiophene rings is 1. The van der Waals surface area contributed by atoms with Crippen molar-refractivity contribution >= 4 is 54.9 Å². The molecular formula is C19H17N5OS2. The molecule has 8 heteroatoms. The van der Waals surface area contributed by atoms with Gasteiger partial charge in [-0.2, -0.15) is 0 Å². The van der Waals surface area contributed by atoms with Gasteiger partial charge in [-0.3, -0.25) is 9.36 Å². The summed E-state index contributed by atoms with van der Waals surface area (Å²) < 4.78 is 2.13. The highest BCUT2D eigenvalue weighted by molar-refractivity contribution is 8.02. The van der Waals surface area contributed by atoms with Gasteiger partial charge >= 0.3 is 0 Å². The number of hydrogen-bond donors (Lipinski definition) is 1. The van der Waals surface area contributed by atoms with E-state index in [-0.39, 0.29) is 5.56 Å². The summed E-state index contributed by atoms with van der Waals surface area (Å²) in [6.45, 7) is 3.72. The number of nitrogen functional groups attached to an aromatic ring is 1. The van der Waals surface area contributed by atoms with Gasteiger partial charge in [0.1, 0.15) is 15.9 Å². The maximum absolute atomic E-state index is 13.2. The zero-order valence-corrected chi connectivity index (χ0v) is 16.5. The van der Waals surface area contributed by atoms with Crippen LogP contribution in [0.25, 0.3) is 26.1 Å². The molecule has 0 amide bonds.